The van der Waals surface area contributed by atoms with Crippen LogP contribution in [-0.4, -0.2) is 40.0 Å². The van der Waals surface area contributed by atoms with Crippen molar-refractivity contribution in [3.05, 3.63) is 23.8 Å². The number of nitrogens with one attached hydrogen (secondary N) is 1. The van der Waals surface area contributed by atoms with E-state index in [2.05, 4.69) is 12.2 Å². The number of rotatable bonds is 6. The highest BCUT2D eigenvalue weighted by atomic mass is 32.2. The van der Waals surface area contributed by atoms with Gasteiger partial charge in [-0.1, -0.05) is 19.4 Å². The first-order valence-corrected chi connectivity index (χ1v) is 8.78. The number of methoxy groups -OCH3 is 1. The van der Waals surface area contributed by atoms with Gasteiger partial charge in [0.15, 0.2) is 0 Å². The van der Waals surface area contributed by atoms with E-state index in [9.17, 15) is 8.42 Å². The molecule has 1 aromatic carbocycles. The lowest BCUT2D eigenvalue weighted by molar-refractivity contribution is 0.396. The maximum absolute atomic E-state index is 12.8. The van der Waals surface area contributed by atoms with Crippen LogP contribution in [0.25, 0.3) is 0 Å². The van der Waals surface area contributed by atoms with Crippen molar-refractivity contribution in [3.8, 4) is 5.75 Å². The molecule has 118 valence electrons. The average Bonchev–Trinajstić information content (AvgIpc) is 2.97. The van der Waals surface area contributed by atoms with Gasteiger partial charge in [-0.25, -0.2) is 8.42 Å². The lowest BCUT2D eigenvalue weighted by atomic mass is 10.1. The summed E-state index contributed by atoms with van der Waals surface area (Å²) < 4.78 is 32.4. The number of ether oxygens (including phenoxy) is 1. The molecule has 1 unspecified atom stereocenters. The SMILES string of the molecule is CCC1CCN(S(=O)(=O)c2ccc(CNC)cc2OC)C1. The molecule has 21 heavy (non-hydrogen) atoms. The van der Waals surface area contributed by atoms with Gasteiger partial charge >= 0.3 is 0 Å². The van der Waals surface area contributed by atoms with Crippen molar-refractivity contribution < 1.29 is 13.2 Å². The van der Waals surface area contributed by atoms with E-state index in [1.165, 1.54) is 7.11 Å². The van der Waals surface area contributed by atoms with Gasteiger partial charge in [-0.2, -0.15) is 4.31 Å². The Morgan fingerprint density at radius 1 is 1.43 bits per heavy atom. The van der Waals surface area contributed by atoms with Gasteiger partial charge in [-0.3, -0.25) is 0 Å². The molecule has 0 aliphatic carbocycles. The van der Waals surface area contributed by atoms with Crippen molar-refractivity contribution >= 4 is 10.0 Å². The van der Waals surface area contributed by atoms with Crippen molar-refractivity contribution in [2.75, 3.05) is 27.2 Å². The van der Waals surface area contributed by atoms with Crippen LogP contribution in [0.5, 0.6) is 5.75 Å². The summed E-state index contributed by atoms with van der Waals surface area (Å²) in [6.45, 7) is 3.99. The summed E-state index contributed by atoms with van der Waals surface area (Å²) >= 11 is 0. The number of sulfonamides is 1. The summed E-state index contributed by atoms with van der Waals surface area (Å²) in [5.41, 5.74) is 1.00. The van der Waals surface area contributed by atoms with Gasteiger partial charge in [0.05, 0.1) is 7.11 Å². The van der Waals surface area contributed by atoms with Crippen LogP contribution in [-0.2, 0) is 16.6 Å². The third-order valence-electron chi connectivity index (χ3n) is 4.05. The van der Waals surface area contributed by atoms with Gasteiger partial charge < -0.3 is 10.1 Å². The van der Waals surface area contributed by atoms with Gasteiger partial charge in [0.1, 0.15) is 10.6 Å². The first-order valence-electron chi connectivity index (χ1n) is 7.34. The average molecular weight is 312 g/mol. The fourth-order valence-electron chi connectivity index (χ4n) is 2.73. The zero-order chi connectivity index (χ0) is 15.5. The standard InChI is InChI=1S/C15H24N2O3S/c1-4-12-7-8-17(11-12)21(18,19)15-6-5-13(10-16-2)9-14(15)20-3/h5-6,9,12,16H,4,7-8,10-11H2,1-3H3. The van der Waals surface area contributed by atoms with E-state index < -0.39 is 10.0 Å². The second-order valence-electron chi connectivity index (χ2n) is 5.44. The Labute approximate surface area is 127 Å². The van der Waals surface area contributed by atoms with E-state index in [4.69, 9.17) is 4.74 Å². The van der Waals surface area contributed by atoms with Crippen LogP contribution in [0, 0.1) is 5.92 Å². The summed E-state index contributed by atoms with van der Waals surface area (Å²) in [4.78, 5) is 0.265. The quantitative estimate of drug-likeness (QED) is 0.871. The fourth-order valence-corrected chi connectivity index (χ4v) is 4.39. The monoisotopic (exact) mass is 312 g/mol. The second-order valence-corrected chi connectivity index (χ2v) is 7.35. The highest BCUT2D eigenvalue weighted by molar-refractivity contribution is 7.89. The summed E-state index contributed by atoms with van der Waals surface area (Å²) in [6, 6.07) is 5.27. The molecule has 5 nitrogen and oxygen atoms in total. The second kappa shape index (κ2) is 6.77. The Bertz CT molecular complexity index is 587. The molecule has 6 heteroatoms. The largest absolute Gasteiger partial charge is 0.495 e. The lowest BCUT2D eigenvalue weighted by Gasteiger charge is -2.19. The predicted molar refractivity (Wildman–Crippen MR) is 82.9 cm³/mol. The van der Waals surface area contributed by atoms with E-state index in [-0.39, 0.29) is 4.90 Å². The molecule has 2 rings (SSSR count). The number of hydrogen-bond acceptors (Lipinski definition) is 4. The molecule has 0 bridgehead atoms. The molecule has 0 spiro atoms. The topological polar surface area (TPSA) is 58.6 Å². The number of benzene rings is 1. The van der Waals surface area contributed by atoms with E-state index in [1.54, 1.807) is 16.4 Å². The molecule has 1 aromatic rings. The first kappa shape index (κ1) is 16.3. The van der Waals surface area contributed by atoms with Crippen LogP contribution >= 0.6 is 0 Å². The summed E-state index contributed by atoms with van der Waals surface area (Å²) in [5, 5.41) is 3.05. The maximum Gasteiger partial charge on any atom is 0.246 e. The van der Waals surface area contributed by atoms with Crippen molar-refractivity contribution in [1.82, 2.24) is 9.62 Å². The van der Waals surface area contributed by atoms with Crippen LogP contribution in [0.3, 0.4) is 0 Å². The molecule has 1 aliphatic rings. The lowest BCUT2D eigenvalue weighted by Crippen LogP contribution is -2.29. The van der Waals surface area contributed by atoms with Gasteiger partial charge in [0.25, 0.3) is 0 Å². The van der Waals surface area contributed by atoms with Gasteiger partial charge in [-0.05, 0) is 37.1 Å². The number of hydrogen-bond donors (Lipinski definition) is 1. The molecular weight excluding hydrogens is 288 g/mol. The molecule has 1 fully saturated rings. The normalized spacial score (nSPS) is 19.9. The Balaban J connectivity index is 2.31. The molecule has 1 aliphatic heterocycles. The smallest absolute Gasteiger partial charge is 0.246 e. The summed E-state index contributed by atoms with van der Waals surface area (Å²) in [5.74, 6) is 0.886. The zero-order valence-electron chi connectivity index (χ0n) is 12.9. The van der Waals surface area contributed by atoms with Crippen molar-refractivity contribution in [2.24, 2.45) is 5.92 Å². The molecule has 0 amide bonds. The van der Waals surface area contributed by atoms with E-state index >= 15 is 0 Å². The minimum atomic E-state index is -3.47. The molecule has 0 radical (unpaired) electrons. The minimum absolute atomic E-state index is 0.265. The number of nitrogens with zero attached hydrogens (tertiary/aromatic N) is 1. The Morgan fingerprint density at radius 3 is 2.76 bits per heavy atom. The van der Waals surface area contributed by atoms with Gasteiger partial charge in [-0.15, -0.1) is 0 Å². The van der Waals surface area contributed by atoms with Crippen LogP contribution in [0.4, 0.5) is 0 Å². The zero-order valence-corrected chi connectivity index (χ0v) is 13.7. The van der Waals surface area contributed by atoms with Crippen molar-refractivity contribution in [1.29, 1.82) is 0 Å². The van der Waals surface area contributed by atoms with Crippen LogP contribution in [0.1, 0.15) is 25.3 Å². The molecule has 1 atom stereocenters. The molecule has 0 saturated carbocycles. The third kappa shape index (κ3) is 3.39. The van der Waals surface area contributed by atoms with E-state index in [0.717, 1.165) is 18.4 Å². The van der Waals surface area contributed by atoms with Crippen LogP contribution in [0.2, 0.25) is 0 Å². The minimum Gasteiger partial charge on any atom is -0.495 e. The highest BCUT2D eigenvalue weighted by Gasteiger charge is 2.33. The van der Waals surface area contributed by atoms with E-state index in [0.29, 0.717) is 31.3 Å². The maximum atomic E-state index is 12.8. The Hall–Kier alpha value is -1.11. The van der Waals surface area contributed by atoms with Crippen molar-refractivity contribution in [3.63, 3.8) is 0 Å². The van der Waals surface area contributed by atoms with Crippen LogP contribution < -0.4 is 10.1 Å². The third-order valence-corrected chi connectivity index (χ3v) is 5.96. The molecule has 1 heterocycles. The van der Waals surface area contributed by atoms with Gasteiger partial charge in [0.2, 0.25) is 10.0 Å². The van der Waals surface area contributed by atoms with Crippen LogP contribution in [0.15, 0.2) is 23.1 Å². The molecule has 1 N–H and O–H groups in total. The summed E-state index contributed by atoms with van der Waals surface area (Å²) in [6.07, 6.45) is 1.96. The van der Waals surface area contributed by atoms with Crippen molar-refractivity contribution in [2.45, 2.75) is 31.2 Å². The predicted octanol–water partition coefficient (Wildman–Crippen LogP) is 1.84. The van der Waals surface area contributed by atoms with E-state index in [1.807, 2.05) is 13.1 Å². The molecule has 1 saturated heterocycles. The van der Waals surface area contributed by atoms with Gasteiger partial charge in [0, 0.05) is 19.6 Å². The first-order chi connectivity index (χ1) is 10.0. The Kier molecular flexibility index (Phi) is 5.24. The molecule has 0 aromatic heterocycles. The fraction of sp³-hybridized carbons (Fsp3) is 0.600. The molecular formula is C15H24N2O3S. The highest BCUT2D eigenvalue weighted by Crippen LogP contribution is 2.31. The Morgan fingerprint density at radius 2 is 2.19 bits per heavy atom. The summed E-state index contributed by atoms with van der Waals surface area (Å²) in [7, 11) is -0.105.